The molecule has 24 heavy (non-hydrogen) atoms. The van der Waals surface area contributed by atoms with E-state index in [4.69, 9.17) is 9.47 Å². The van der Waals surface area contributed by atoms with Crippen LogP contribution in [0.1, 0.15) is 11.1 Å². The minimum atomic E-state index is 0.282. The summed E-state index contributed by atoms with van der Waals surface area (Å²) in [6.07, 6.45) is 6.75. The number of ether oxygens (including phenoxy) is 2. The lowest BCUT2D eigenvalue weighted by Gasteiger charge is -2.06. The van der Waals surface area contributed by atoms with Crippen molar-refractivity contribution < 1.29 is 9.47 Å². The molecule has 4 rings (SSSR count). The third-order valence-electron chi connectivity index (χ3n) is 4.04. The normalized spacial score (nSPS) is 12.7. The van der Waals surface area contributed by atoms with Crippen molar-refractivity contribution in [1.82, 2.24) is 25.3 Å². The molecule has 0 amide bonds. The van der Waals surface area contributed by atoms with Crippen molar-refractivity contribution in [2.75, 3.05) is 13.3 Å². The number of fused-ring (bicyclic) bond motifs is 1. The van der Waals surface area contributed by atoms with Crippen LogP contribution in [-0.2, 0) is 20.0 Å². The zero-order valence-electron chi connectivity index (χ0n) is 13.5. The van der Waals surface area contributed by atoms with Crippen molar-refractivity contribution >= 4 is 0 Å². The second-order valence-corrected chi connectivity index (χ2v) is 5.79. The SMILES string of the molecule is Cn1cc(CCNCc2cn[nH]c2-c2ccc3c(c2)OCO3)cn1. The van der Waals surface area contributed by atoms with E-state index >= 15 is 0 Å². The summed E-state index contributed by atoms with van der Waals surface area (Å²) in [6, 6.07) is 5.92. The van der Waals surface area contributed by atoms with Gasteiger partial charge in [-0.2, -0.15) is 10.2 Å². The number of hydrogen-bond acceptors (Lipinski definition) is 5. The molecule has 0 saturated carbocycles. The first-order valence-corrected chi connectivity index (χ1v) is 7.90. The Balaban J connectivity index is 1.39. The Labute approximate surface area is 139 Å². The fourth-order valence-electron chi connectivity index (χ4n) is 2.80. The molecule has 7 nitrogen and oxygen atoms in total. The second kappa shape index (κ2) is 6.37. The standard InChI is InChI=1S/C17H19N5O2/c1-22-10-12(7-20-22)4-5-18-8-14-9-19-21-17(14)13-2-3-15-16(6-13)24-11-23-15/h2-3,6-7,9-10,18H,4-5,8,11H2,1H3,(H,19,21). The van der Waals surface area contributed by atoms with Gasteiger partial charge in [0.15, 0.2) is 11.5 Å². The lowest BCUT2D eigenvalue weighted by molar-refractivity contribution is 0.174. The lowest BCUT2D eigenvalue weighted by atomic mass is 10.1. The number of rotatable bonds is 6. The second-order valence-electron chi connectivity index (χ2n) is 5.79. The fourth-order valence-corrected chi connectivity index (χ4v) is 2.80. The van der Waals surface area contributed by atoms with Gasteiger partial charge in [-0.05, 0) is 36.7 Å². The van der Waals surface area contributed by atoms with E-state index in [0.29, 0.717) is 0 Å². The summed E-state index contributed by atoms with van der Waals surface area (Å²) < 4.78 is 12.6. The number of aromatic amines is 1. The molecule has 0 spiro atoms. The molecule has 0 radical (unpaired) electrons. The third kappa shape index (κ3) is 2.98. The number of H-pyrrole nitrogens is 1. The smallest absolute Gasteiger partial charge is 0.231 e. The molecule has 0 atom stereocenters. The molecular weight excluding hydrogens is 306 g/mol. The quantitative estimate of drug-likeness (QED) is 0.677. The lowest BCUT2D eigenvalue weighted by Crippen LogP contribution is -2.16. The van der Waals surface area contributed by atoms with Crippen LogP contribution >= 0.6 is 0 Å². The van der Waals surface area contributed by atoms with E-state index in [1.54, 1.807) is 0 Å². The molecule has 3 aromatic rings. The van der Waals surface area contributed by atoms with Gasteiger partial charge < -0.3 is 14.8 Å². The minimum Gasteiger partial charge on any atom is -0.454 e. The van der Waals surface area contributed by atoms with E-state index in [1.807, 2.05) is 48.5 Å². The number of nitrogens with one attached hydrogen (secondary N) is 2. The highest BCUT2D eigenvalue weighted by Crippen LogP contribution is 2.36. The van der Waals surface area contributed by atoms with Crippen LogP contribution in [0.4, 0.5) is 0 Å². The maximum absolute atomic E-state index is 5.45. The van der Waals surface area contributed by atoms with Crippen molar-refractivity contribution in [1.29, 1.82) is 0 Å². The van der Waals surface area contributed by atoms with Crippen molar-refractivity contribution in [2.45, 2.75) is 13.0 Å². The Morgan fingerprint density at radius 3 is 3.04 bits per heavy atom. The fraction of sp³-hybridized carbons (Fsp3) is 0.294. The van der Waals surface area contributed by atoms with Crippen molar-refractivity contribution in [3.05, 3.63) is 47.9 Å². The van der Waals surface area contributed by atoms with E-state index in [2.05, 4.69) is 20.6 Å². The highest BCUT2D eigenvalue weighted by Gasteiger charge is 2.16. The first-order chi connectivity index (χ1) is 11.8. The summed E-state index contributed by atoms with van der Waals surface area (Å²) in [4.78, 5) is 0. The van der Waals surface area contributed by atoms with E-state index in [1.165, 1.54) is 5.56 Å². The van der Waals surface area contributed by atoms with Gasteiger partial charge in [-0.15, -0.1) is 0 Å². The summed E-state index contributed by atoms with van der Waals surface area (Å²) in [5.74, 6) is 1.56. The maximum Gasteiger partial charge on any atom is 0.231 e. The van der Waals surface area contributed by atoms with Gasteiger partial charge in [0.05, 0.1) is 18.1 Å². The topological polar surface area (TPSA) is 77.0 Å². The van der Waals surface area contributed by atoms with Crippen molar-refractivity contribution in [3.8, 4) is 22.8 Å². The molecule has 1 aliphatic heterocycles. The first-order valence-electron chi connectivity index (χ1n) is 7.90. The monoisotopic (exact) mass is 325 g/mol. The Hall–Kier alpha value is -2.80. The van der Waals surface area contributed by atoms with E-state index in [9.17, 15) is 0 Å². The van der Waals surface area contributed by atoms with Crippen LogP contribution in [0, 0.1) is 0 Å². The highest BCUT2D eigenvalue weighted by molar-refractivity contribution is 5.66. The highest BCUT2D eigenvalue weighted by atomic mass is 16.7. The molecule has 0 saturated heterocycles. The molecule has 0 bridgehead atoms. The number of hydrogen-bond donors (Lipinski definition) is 2. The molecule has 3 heterocycles. The number of benzene rings is 1. The predicted octanol–water partition coefficient (Wildman–Crippen LogP) is 1.87. The number of aromatic nitrogens is 4. The van der Waals surface area contributed by atoms with Gasteiger partial charge in [-0.25, -0.2) is 0 Å². The molecular formula is C17H19N5O2. The Kier molecular flexibility index (Phi) is 3.92. The largest absolute Gasteiger partial charge is 0.454 e. The Bertz CT molecular complexity index is 839. The van der Waals surface area contributed by atoms with Crippen molar-refractivity contribution in [3.63, 3.8) is 0 Å². The van der Waals surface area contributed by atoms with Crippen LogP contribution in [0.25, 0.3) is 11.3 Å². The maximum atomic E-state index is 5.45. The molecule has 124 valence electrons. The minimum absolute atomic E-state index is 0.282. The van der Waals surface area contributed by atoms with Crippen LogP contribution in [0.5, 0.6) is 11.5 Å². The van der Waals surface area contributed by atoms with Crippen LogP contribution in [0.3, 0.4) is 0 Å². The molecule has 0 fully saturated rings. The molecule has 2 N–H and O–H groups in total. The number of nitrogens with zero attached hydrogens (tertiary/aromatic N) is 3. The summed E-state index contributed by atoms with van der Waals surface area (Å²) in [5, 5.41) is 14.9. The van der Waals surface area contributed by atoms with Crippen LogP contribution in [-0.4, -0.2) is 33.3 Å². The molecule has 7 heteroatoms. The van der Waals surface area contributed by atoms with Gasteiger partial charge in [0.2, 0.25) is 6.79 Å². The van der Waals surface area contributed by atoms with E-state index < -0.39 is 0 Å². The van der Waals surface area contributed by atoms with Gasteiger partial charge in [0.25, 0.3) is 0 Å². The summed E-state index contributed by atoms with van der Waals surface area (Å²) >= 11 is 0. The van der Waals surface area contributed by atoms with Gasteiger partial charge in [-0.3, -0.25) is 9.78 Å². The summed E-state index contributed by atoms with van der Waals surface area (Å²) in [6.45, 7) is 1.92. The van der Waals surface area contributed by atoms with Gasteiger partial charge in [0.1, 0.15) is 0 Å². The summed E-state index contributed by atoms with van der Waals surface area (Å²) in [5.41, 5.74) is 4.40. The predicted molar refractivity (Wildman–Crippen MR) is 88.8 cm³/mol. The molecule has 0 unspecified atom stereocenters. The average Bonchev–Trinajstić information content (AvgIpc) is 3.31. The third-order valence-corrected chi connectivity index (χ3v) is 4.04. The van der Waals surface area contributed by atoms with Crippen LogP contribution in [0.15, 0.2) is 36.8 Å². The molecule has 2 aromatic heterocycles. The first kappa shape index (κ1) is 14.8. The van der Waals surface area contributed by atoms with Crippen LogP contribution < -0.4 is 14.8 Å². The Morgan fingerprint density at radius 2 is 2.17 bits per heavy atom. The Morgan fingerprint density at radius 1 is 1.25 bits per heavy atom. The average molecular weight is 325 g/mol. The van der Waals surface area contributed by atoms with Crippen molar-refractivity contribution in [2.24, 2.45) is 7.05 Å². The van der Waals surface area contributed by atoms with Gasteiger partial charge >= 0.3 is 0 Å². The molecule has 1 aliphatic rings. The number of aryl methyl sites for hydroxylation is 1. The summed E-state index contributed by atoms with van der Waals surface area (Å²) in [7, 11) is 1.93. The van der Waals surface area contributed by atoms with E-state index in [0.717, 1.165) is 47.8 Å². The van der Waals surface area contributed by atoms with Gasteiger partial charge in [0, 0.05) is 30.9 Å². The molecule has 0 aliphatic carbocycles. The van der Waals surface area contributed by atoms with E-state index in [-0.39, 0.29) is 6.79 Å². The zero-order chi connectivity index (χ0) is 16.4. The van der Waals surface area contributed by atoms with Gasteiger partial charge in [-0.1, -0.05) is 0 Å². The zero-order valence-corrected chi connectivity index (χ0v) is 13.5. The molecule has 1 aromatic carbocycles. The van der Waals surface area contributed by atoms with Crippen LogP contribution in [0.2, 0.25) is 0 Å².